The van der Waals surface area contributed by atoms with Crippen LogP contribution in [-0.2, 0) is 5.88 Å². The fraction of sp³-hybridized carbons (Fsp3) is 0.333. The zero-order chi connectivity index (χ0) is 8.43. The van der Waals surface area contributed by atoms with Gasteiger partial charge in [0.25, 0.3) is 0 Å². The van der Waals surface area contributed by atoms with Crippen LogP contribution in [0, 0.1) is 13.8 Å². The average Bonchev–Trinajstić information content (AvgIpc) is 2.01. The van der Waals surface area contributed by atoms with Crippen molar-refractivity contribution in [3.8, 4) is 0 Å². The number of nitrogens with two attached hydrogens (primary N) is 1. The standard InChI is InChI=1S/C9H12ClN.ClH/c1-6-3-4-8(5-10)9(11)7(6)2;/h3-4H,5,11H2,1-2H3;1H. The van der Waals surface area contributed by atoms with Crippen LogP contribution in [0.15, 0.2) is 12.1 Å². The van der Waals surface area contributed by atoms with Crippen LogP contribution in [0.1, 0.15) is 16.7 Å². The summed E-state index contributed by atoms with van der Waals surface area (Å²) in [7, 11) is 0. The molecule has 0 aliphatic heterocycles. The fourth-order valence-corrected chi connectivity index (χ4v) is 1.24. The van der Waals surface area contributed by atoms with Crippen LogP contribution in [0.4, 0.5) is 5.69 Å². The summed E-state index contributed by atoms with van der Waals surface area (Å²) in [5, 5.41) is 0. The van der Waals surface area contributed by atoms with E-state index in [2.05, 4.69) is 0 Å². The number of aryl methyl sites for hydroxylation is 1. The molecule has 0 aliphatic carbocycles. The van der Waals surface area contributed by atoms with Crippen LogP contribution >= 0.6 is 24.0 Å². The summed E-state index contributed by atoms with van der Waals surface area (Å²) < 4.78 is 0. The Morgan fingerprint density at radius 1 is 1.33 bits per heavy atom. The molecule has 12 heavy (non-hydrogen) atoms. The van der Waals surface area contributed by atoms with Crippen molar-refractivity contribution in [2.24, 2.45) is 0 Å². The third-order valence-corrected chi connectivity index (χ3v) is 2.31. The van der Waals surface area contributed by atoms with Crippen molar-refractivity contribution in [2.45, 2.75) is 19.7 Å². The summed E-state index contributed by atoms with van der Waals surface area (Å²) in [6, 6.07) is 4.02. The average molecular weight is 206 g/mol. The lowest BCUT2D eigenvalue weighted by molar-refractivity contribution is 1.29. The summed E-state index contributed by atoms with van der Waals surface area (Å²) in [5.41, 5.74) is 10.0. The molecule has 0 radical (unpaired) electrons. The molecule has 0 aromatic heterocycles. The molecule has 3 heteroatoms. The van der Waals surface area contributed by atoms with E-state index in [0.29, 0.717) is 5.88 Å². The minimum atomic E-state index is 0. The lowest BCUT2D eigenvalue weighted by atomic mass is 10.0. The second-order valence-electron chi connectivity index (χ2n) is 2.71. The highest BCUT2D eigenvalue weighted by atomic mass is 35.5. The van der Waals surface area contributed by atoms with E-state index in [-0.39, 0.29) is 12.4 Å². The molecular formula is C9H13Cl2N. The summed E-state index contributed by atoms with van der Waals surface area (Å²) in [6.07, 6.45) is 0. The number of hydrogen-bond acceptors (Lipinski definition) is 1. The van der Waals surface area contributed by atoms with Crippen LogP contribution < -0.4 is 5.73 Å². The van der Waals surface area contributed by atoms with E-state index in [0.717, 1.165) is 16.8 Å². The number of rotatable bonds is 1. The molecule has 0 heterocycles. The zero-order valence-corrected chi connectivity index (χ0v) is 8.80. The first-order chi connectivity index (χ1) is 5.16. The molecule has 0 saturated heterocycles. The topological polar surface area (TPSA) is 26.0 Å². The molecule has 1 rings (SSSR count). The molecule has 2 N–H and O–H groups in total. The maximum absolute atomic E-state index is 5.81. The van der Waals surface area contributed by atoms with Crippen LogP contribution in [0.3, 0.4) is 0 Å². The van der Waals surface area contributed by atoms with Gasteiger partial charge in [-0.05, 0) is 30.5 Å². The van der Waals surface area contributed by atoms with Gasteiger partial charge in [-0.1, -0.05) is 12.1 Å². The van der Waals surface area contributed by atoms with Gasteiger partial charge in [0, 0.05) is 11.6 Å². The van der Waals surface area contributed by atoms with Crippen LogP contribution in [0.25, 0.3) is 0 Å². The molecule has 0 fully saturated rings. The maximum atomic E-state index is 5.81. The van der Waals surface area contributed by atoms with Crippen molar-refractivity contribution in [1.82, 2.24) is 0 Å². The Bertz CT molecular complexity index is 271. The number of benzene rings is 1. The normalized spacial score (nSPS) is 9.25. The lowest BCUT2D eigenvalue weighted by Crippen LogP contribution is -1.96. The van der Waals surface area contributed by atoms with Crippen molar-refractivity contribution in [3.05, 3.63) is 28.8 Å². The third-order valence-electron chi connectivity index (χ3n) is 2.02. The Balaban J connectivity index is 0.00000121. The fourth-order valence-electron chi connectivity index (χ4n) is 1.01. The quantitative estimate of drug-likeness (QED) is 0.554. The second-order valence-corrected chi connectivity index (χ2v) is 2.98. The summed E-state index contributed by atoms with van der Waals surface area (Å²) in [6.45, 7) is 4.06. The van der Waals surface area contributed by atoms with Crippen molar-refractivity contribution >= 4 is 29.7 Å². The molecule has 0 atom stereocenters. The van der Waals surface area contributed by atoms with Gasteiger partial charge in [-0.25, -0.2) is 0 Å². The summed E-state index contributed by atoms with van der Waals surface area (Å²) in [5.74, 6) is 0.493. The van der Waals surface area contributed by atoms with E-state index in [9.17, 15) is 0 Å². The van der Waals surface area contributed by atoms with Crippen LogP contribution in [0.5, 0.6) is 0 Å². The highest BCUT2D eigenvalue weighted by Crippen LogP contribution is 2.21. The van der Waals surface area contributed by atoms with Gasteiger partial charge < -0.3 is 5.73 Å². The minimum absolute atomic E-state index is 0. The number of halogens is 2. The van der Waals surface area contributed by atoms with E-state index >= 15 is 0 Å². The second kappa shape index (κ2) is 4.58. The molecule has 1 aromatic carbocycles. The Morgan fingerprint density at radius 3 is 2.42 bits per heavy atom. The first-order valence-electron chi connectivity index (χ1n) is 3.57. The van der Waals surface area contributed by atoms with E-state index in [1.54, 1.807) is 0 Å². The third kappa shape index (κ3) is 2.05. The molecule has 0 unspecified atom stereocenters. The highest BCUT2D eigenvalue weighted by Gasteiger charge is 2.01. The predicted octanol–water partition coefficient (Wildman–Crippen LogP) is 3.05. The molecule has 0 aliphatic rings. The zero-order valence-electron chi connectivity index (χ0n) is 7.23. The number of anilines is 1. The van der Waals surface area contributed by atoms with Gasteiger partial charge in [0.05, 0.1) is 0 Å². The van der Waals surface area contributed by atoms with Crippen LogP contribution in [0.2, 0.25) is 0 Å². The first-order valence-corrected chi connectivity index (χ1v) is 4.10. The maximum Gasteiger partial charge on any atom is 0.0494 e. The van der Waals surface area contributed by atoms with E-state index < -0.39 is 0 Å². The van der Waals surface area contributed by atoms with Crippen LogP contribution in [-0.4, -0.2) is 0 Å². The van der Waals surface area contributed by atoms with Gasteiger partial charge in [-0.15, -0.1) is 24.0 Å². The van der Waals surface area contributed by atoms with E-state index in [4.69, 9.17) is 17.3 Å². The van der Waals surface area contributed by atoms with Gasteiger partial charge in [0.2, 0.25) is 0 Å². The predicted molar refractivity (Wildman–Crippen MR) is 57.1 cm³/mol. The van der Waals surface area contributed by atoms with Gasteiger partial charge >= 0.3 is 0 Å². The Morgan fingerprint density at radius 2 is 1.92 bits per heavy atom. The van der Waals surface area contributed by atoms with Gasteiger partial charge in [0.1, 0.15) is 0 Å². The molecule has 0 bridgehead atoms. The molecule has 1 nitrogen and oxygen atoms in total. The summed E-state index contributed by atoms with van der Waals surface area (Å²) in [4.78, 5) is 0. The molecule has 0 spiro atoms. The molecule has 1 aromatic rings. The minimum Gasteiger partial charge on any atom is -0.398 e. The monoisotopic (exact) mass is 205 g/mol. The first kappa shape index (κ1) is 11.6. The number of nitrogen functional groups attached to an aromatic ring is 1. The SMILES string of the molecule is Cc1ccc(CCl)c(N)c1C.Cl. The lowest BCUT2D eigenvalue weighted by Gasteiger charge is -2.07. The van der Waals surface area contributed by atoms with Crippen molar-refractivity contribution in [1.29, 1.82) is 0 Å². The molecule has 0 amide bonds. The molecular weight excluding hydrogens is 193 g/mol. The van der Waals surface area contributed by atoms with Gasteiger partial charge in [-0.3, -0.25) is 0 Å². The van der Waals surface area contributed by atoms with Crippen molar-refractivity contribution in [3.63, 3.8) is 0 Å². The number of alkyl halides is 1. The van der Waals surface area contributed by atoms with Crippen molar-refractivity contribution in [2.75, 3.05) is 5.73 Å². The largest absolute Gasteiger partial charge is 0.398 e. The Kier molecular flexibility index (Phi) is 4.43. The Labute approximate surface area is 84.3 Å². The summed E-state index contributed by atoms with van der Waals surface area (Å²) >= 11 is 5.68. The van der Waals surface area contributed by atoms with E-state index in [1.807, 2.05) is 26.0 Å². The van der Waals surface area contributed by atoms with Gasteiger partial charge in [0.15, 0.2) is 0 Å². The number of hydrogen-bond donors (Lipinski definition) is 1. The highest BCUT2D eigenvalue weighted by molar-refractivity contribution is 6.17. The van der Waals surface area contributed by atoms with E-state index in [1.165, 1.54) is 5.56 Å². The van der Waals surface area contributed by atoms with Crippen molar-refractivity contribution < 1.29 is 0 Å². The Hall–Kier alpha value is -0.400. The molecule has 0 saturated carbocycles. The molecule has 68 valence electrons. The van der Waals surface area contributed by atoms with Gasteiger partial charge in [-0.2, -0.15) is 0 Å². The smallest absolute Gasteiger partial charge is 0.0494 e.